The van der Waals surface area contributed by atoms with Crippen molar-refractivity contribution in [2.45, 2.75) is 62.4 Å². The largest absolute Gasteiger partial charge is 0.507 e. The average Bonchev–Trinajstić information content (AvgIpc) is 2.94. The number of ether oxygens (including phenoxy) is 3. The Kier molecular flexibility index (Phi) is 6.96. The van der Waals surface area contributed by atoms with Crippen molar-refractivity contribution in [2.75, 3.05) is 13.7 Å². The summed E-state index contributed by atoms with van der Waals surface area (Å²) in [6.07, 6.45) is -6.12. The topological polar surface area (TPSA) is 209 Å². The van der Waals surface area contributed by atoms with E-state index in [4.69, 9.17) is 14.2 Å². The number of aliphatic hydroxyl groups is 3. The molecule has 212 valence electrons. The lowest BCUT2D eigenvalue weighted by Crippen LogP contribution is -2.50. The number of rotatable bonds is 6. The lowest BCUT2D eigenvalue weighted by molar-refractivity contribution is -0.247. The number of phenolic OH excluding ortho intramolecular Hbond substituents is 2. The second-order valence-electron chi connectivity index (χ2n) is 10.2. The van der Waals surface area contributed by atoms with E-state index >= 15 is 0 Å². The van der Waals surface area contributed by atoms with Gasteiger partial charge in [0.05, 0.1) is 36.0 Å². The maximum atomic E-state index is 13.7. The number of benzene rings is 2. The van der Waals surface area contributed by atoms with Gasteiger partial charge in [-0.15, -0.1) is 0 Å². The SMILES string of the molecule is COc1cccc2c1C(=O)c1c(O)c3c(c(O)c1C2=O)C[C@@](O)(C(=O)CO)C[C@@H]3O[C@H]1CC(N=O)[C@H](O)C(C)O1. The van der Waals surface area contributed by atoms with E-state index in [9.17, 15) is 44.8 Å². The first-order valence-electron chi connectivity index (χ1n) is 12.5. The van der Waals surface area contributed by atoms with E-state index in [1.807, 2.05) is 0 Å². The number of aromatic hydroxyl groups is 2. The van der Waals surface area contributed by atoms with Gasteiger partial charge in [0, 0.05) is 36.0 Å². The lowest BCUT2D eigenvalue weighted by atomic mass is 9.72. The lowest BCUT2D eigenvalue weighted by Gasteiger charge is -2.41. The average molecular weight is 558 g/mol. The summed E-state index contributed by atoms with van der Waals surface area (Å²) in [5.74, 6) is -3.99. The highest BCUT2D eigenvalue weighted by atomic mass is 16.7. The third-order valence-electron chi connectivity index (χ3n) is 7.87. The normalized spacial score (nSPS) is 29.3. The van der Waals surface area contributed by atoms with Gasteiger partial charge in [-0.25, -0.2) is 0 Å². The van der Waals surface area contributed by atoms with Crippen LogP contribution in [0.4, 0.5) is 0 Å². The smallest absolute Gasteiger partial charge is 0.202 e. The van der Waals surface area contributed by atoms with E-state index in [1.54, 1.807) is 0 Å². The van der Waals surface area contributed by atoms with Gasteiger partial charge in [-0.3, -0.25) is 14.4 Å². The van der Waals surface area contributed by atoms with Crippen LogP contribution in [0.1, 0.15) is 68.8 Å². The van der Waals surface area contributed by atoms with Gasteiger partial charge in [-0.1, -0.05) is 17.3 Å². The maximum Gasteiger partial charge on any atom is 0.202 e. The Morgan fingerprint density at radius 3 is 2.50 bits per heavy atom. The third-order valence-corrected chi connectivity index (χ3v) is 7.87. The number of carbonyl (C=O) groups is 3. The fourth-order valence-corrected chi connectivity index (χ4v) is 5.80. The van der Waals surface area contributed by atoms with E-state index in [0.29, 0.717) is 0 Å². The van der Waals surface area contributed by atoms with Crippen LogP contribution in [-0.4, -0.2) is 86.7 Å². The molecular weight excluding hydrogens is 530 g/mol. The molecule has 1 saturated heterocycles. The molecule has 13 heteroatoms. The Balaban J connectivity index is 1.68. The number of carbonyl (C=O) groups excluding carboxylic acids is 3. The fraction of sp³-hybridized carbons (Fsp3) is 0.444. The van der Waals surface area contributed by atoms with Crippen LogP contribution in [0, 0.1) is 4.91 Å². The quantitative estimate of drug-likeness (QED) is 0.211. The molecular formula is C27H27NO12. The molecule has 6 atom stereocenters. The first-order chi connectivity index (χ1) is 19.0. The van der Waals surface area contributed by atoms with Crippen LogP contribution in [0.25, 0.3) is 0 Å². The van der Waals surface area contributed by atoms with Gasteiger partial charge < -0.3 is 39.7 Å². The second kappa shape index (κ2) is 10.0. The number of nitrogens with zero attached hydrogens (tertiary/aromatic N) is 1. The van der Waals surface area contributed by atoms with E-state index in [2.05, 4.69) is 5.18 Å². The fourth-order valence-electron chi connectivity index (χ4n) is 5.80. The molecule has 1 aliphatic heterocycles. The molecule has 2 aromatic rings. The number of fused-ring (bicyclic) bond motifs is 3. The molecule has 1 fully saturated rings. The minimum atomic E-state index is -2.30. The Morgan fingerprint density at radius 1 is 1.15 bits per heavy atom. The van der Waals surface area contributed by atoms with Crippen molar-refractivity contribution in [2.24, 2.45) is 5.18 Å². The predicted octanol–water partition coefficient (Wildman–Crippen LogP) is 0.809. The Hall–Kier alpha value is -3.75. The highest BCUT2D eigenvalue weighted by Crippen LogP contribution is 2.52. The zero-order chi connectivity index (χ0) is 29.1. The second-order valence-corrected chi connectivity index (χ2v) is 10.2. The molecule has 2 aliphatic carbocycles. The third kappa shape index (κ3) is 4.09. The Morgan fingerprint density at radius 2 is 1.85 bits per heavy atom. The zero-order valence-corrected chi connectivity index (χ0v) is 21.5. The molecule has 0 aromatic heterocycles. The van der Waals surface area contributed by atoms with Crippen molar-refractivity contribution in [1.82, 2.24) is 0 Å². The number of aliphatic hydroxyl groups excluding tert-OH is 2. The monoisotopic (exact) mass is 557 g/mol. The van der Waals surface area contributed by atoms with Crippen LogP contribution in [0.15, 0.2) is 23.4 Å². The summed E-state index contributed by atoms with van der Waals surface area (Å²) in [6, 6.07) is 3.20. The highest BCUT2D eigenvalue weighted by molar-refractivity contribution is 6.31. The molecule has 0 saturated carbocycles. The molecule has 2 aromatic carbocycles. The number of ketones is 3. The summed E-state index contributed by atoms with van der Waals surface area (Å²) < 4.78 is 16.9. The van der Waals surface area contributed by atoms with Crippen molar-refractivity contribution in [3.63, 3.8) is 0 Å². The number of phenols is 2. The van der Waals surface area contributed by atoms with Crippen molar-refractivity contribution in [3.8, 4) is 17.2 Å². The van der Waals surface area contributed by atoms with Crippen LogP contribution in [0.5, 0.6) is 17.2 Å². The summed E-state index contributed by atoms with van der Waals surface area (Å²) in [5.41, 5.74) is -3.93. The molecule has 0 radical (unpaired) electrons. The van der Waals surface area contributed by atoms with Crippen molar-refractivity contribution in [3.05, 3.63) is 56.5 Å². The van der Waals surface area contributed by atoms with Gasteiger partial charge in [0.25, 0.3) is 0 Å². The molecule has 0 spiro atoms. The molecule has 5 N–H and O–H groups in total. The number of hydrogen-bond acceptors (Lipinski definition) is 13. The van der Waals surface area contributed by atoms with Crippen molar-refractivity contribution < 1.29 is 54.1 Å². The molecule has 5 rings (SSSR count). The van der Waals surface area contributed by atoms with Crippen LogP contribution in [0.2, 0.25) is 0 Å². The van der Waals surface area contributed by atoms with Gasteiger partial charge >= 0.3 is 0 Å². The van der Waals surface area contributed by atoms with Gasteiger partial charge in [-0.2, -0.15) is 4.91 Å². The Labute approximate surface area is 226 Å². The molecule has 0 amide bonds. The summed E-state index contributed by atoms with van der Waals surface area (Å²) in [5, 5.41) is 56.6. The number of methoxy groups -OCH3 is 1. The standard InChI is InChI=1S/C27H27NO12/c1-10-22(31)13(28-37)6-17(39-10)40-15-8-27(36,16(30)9-29)7-12-19(15)26(35)21-20(24(12)33)23(32)11-4-3-5-14(38-2)18(11)25(21)34/h3-5,10,13,15,17,22,29,31,33,35-36H,6-9H2,1-2H3/t10?,13?,15-,17-,22+,27-/m0/s1. The van der Waals surface area contributed by atoms with E-state index in [-0.39, 0.29) is 34.4 Å². The Bertz CT molecular complexity index is 1440. The molecule has 40 heavy (non-hydrogen) atoms. The summed E-state index contributed by atoms with van der Waals surface area (Å²) >= 11 is 0. The van der Waals surface area contributed by atoms with E-state index < -0.39 is 95.7 Å². The number of Topliss-reactive ketones (excluding diaryl/α,β-unsaturated/α-hetero) is 1. The minimum Gasteiger partial charge on any atom is -0.507 e. The van der Waals surface area contributed by atoms with Crippen LogP contribution in [-0.2, 0) is 20.7 Å². The summed E-state index contributed by atoms with van der Waals surface area (Å²) in [7, 11) is 1.31. The van der Waals surface area contributed by atoms with Gasteiger partial charge in [-0.05, 0) is 13.0 Å². The van der Waals surface area contributed by atoms with E-state index in [1.165, 1.54) is 32.2 Å². The number of hydrogen-bond donors (Lipinski definition) is 5. The van der Waals surface area contributed by atoms with Crippen LogP contribution >= 0.6 is 0 Å². The molecule has 3 aliphatic rings. The first-order valence-corrected chi connectivity index (χ1v) is 12.5. The minimum absolute atomic E-state index is 0.0735. The highest BCUT2D eigenvalue weighted by Gasteiger charge is 2.50. The van der Waals surface area contributed by atoms with Crippen LogP contribution < -0.4 is 4.74 Å². The van der Waals surface area contributed by atoms with Crippen molar-refractivity contribution in [1.29, 1.82) is 0 Å². The first kappa shape index (κ1) is 27.8. The molecule has 1 heterocycles. The van der Waals surface area contributed by atoms with Gasteiger partial charge in [0.1, 0.15) is 41.6 Å². The molecule has 13 nitrogen and oxygen atoms in total. The van der Waals surface area contributed by atoms with Gasteiger partial charge in [0.2, 0.25) is 5.78 Å². The maximum absolute atomic E-state index is 13.7. The number of nitroso groups, excluding NO2 is 1. The van der Waals surface area contributed by atoms with Gasteiger partial charge in [0.15, 0.2) is 17.9 Å². The zero-order valence-electron chi connectivity index (χ0n) is 21.5. The molecule has 0 bridgehead atoms. The van der Waals surface area contributed by atoms with Crippen LogP contribution in [0.3, 0.4) is 0 Å². The van der Waals surface area contributed by atoms with E-state index in [0.717, 1.165) is 0 Å². The van der Waals surface area contributed by atoms with Crippen molar-refractivity contribution >= 4 is 17.3 Å². The summed E-state index contributed by atoms with van der Waals surface area (Å²) in [6.45, 7) is 0.425. The summed E-state index contributed by atoms with van der Waals surface area (Å²) in [4.78, 5) is 51.0. The molecule has 2 unspecified atom stereocenters. The predicted molar refractivity (Wildman–Crippen MR) is 133 cm³/mol.